The predicted octanol–water partition coefficient (Wildman–Crippen LogP) is 2.62. The molecule has 0 fully saturated rings. The molecule has 0 unspecified atom stereocenters. The lowest BCUT2D eigenvalue weighted by Gasteiger charge is -1.90. The summed E-state index contributed by atoms with van der Waals surface area (Å²) in [4.78, 5) is 8.31. The highest BCUT2D eigenvalue weighted by molar-refractivity contribution is 7.20. The first-order valence-electron chi connectivity index (χ1n) is 4.37. The Kier molecular flexibility index (Phi) is 1.78. The molecule has 0 saturated heterocycles. The van der Waals surface area contributed by atoms with Gasteiger partial charge in [0.1, 0.15) is 12.1 Å². The Balaban J connectivity index is 2.22. The van der Waals surface area contributed by atoms with E-state index in [-0.39, 0.29) is 5.82 Å². The van der Waals surface area contributed by atoms with Gasteiger partial charge in [-0.1, -0.05) is 11.3 Å². The van der Waals surface area contributed by atoms with Crippen molar-refractivity contribution in [1.82, 2.24) is 14.5 Å². The van der Waals surface area contributed by atoms with Gasteiger partial charge >= 0.3 is 0 Å². The molecule has 2 aromatic heterocycles. The third-order valence-corrected chi connectivity index (χ3v) is 3.10. The van der Waals surface area contributed by atoms with Crippen molar-refractivity contribution in [3.63, 3.8) is 0 Å². The lowest BCUT2D eigenvalue weighted by atomic mass is 10.3. The van der Waals surface area contributed by atoms with Crippen LogP contribution < -0.4 is 0 Å². The van der Waals surface area contributed by atoms with Gasteiger partial charge in [0.05, 0.1) is 10.2 Å². The molecule has 15 heavy (non-hydrogen) atoms. The lowest BCUT2D eigenvalue weighted by molar-refractivity contribution is 0.630. The molecule has 3 aromatic rings. The highest BCUT2D eigenvalue weighted by Crippen LogP contribution is 2.25. The fourth-order valence-electron chi connectivity index (χ4n) is 1.37. The Hall–Kier alpha value is -1.75. The van der Waals surface area contributed by atoms with Crippen LogP contribution in [0.2, 0.25) is 0 Å². The summed E-state index contributed by atoms with van der Waals surface area (Å²) in [5.41, 5.74) is 0.810. The first kappa shape index (κ1) is 8.55. The standard InChI is InChI=1S/C10H6FN3S/c11-7-1-2-8-9(5-7)15-10(13-8)14-4-3-12-6-14/h1-6H. The van der Waals surface area contributed by atoms with Crippen molar-refractivity contribution in [2.75, 3.05) is 0 Å². The maximum absolute atomic E-state index is 12.9. The van der Waals surface area contributed by atoms with Crippen molar-refractivity contribution in [1.29, 1.82) is 0 Å². The molecule has 0 saturated carbocycles. The first-order valence-corrected chi connectivity index (χ1v) is 5.19. The molecule has 0 aliphatic heterocycles. The van der Waals surface area contributed by atoms with Gasteiger partial charge in [0.25, 0.3) is 0 Å². The van der Waals surface area contributed by atoms with Crippen LogP contribution in [0.3, 0.4) is 0 Å². The Morgan fingerprint density at radius 1 is 1.33 bits per heavy atom. The summed E-state index contributed by atoms with van der Waals surface area (Å²) < 4.78 is 15.6. The van der Waals surface area contributed by atoms with Crippen LogP contribution in [0.5, 0.6) is 0 Å². The number of imidazole rings is 1. The number of rotatable bonds is 1. The maximum Gasteiger partial charge on any atom is 0.195 e. The zero-order valence-electron chi connectivity index (χ0n) is 7.59. The van der Waals surface area contributed by atoms with E-state index in [9.17, 15) is 4.39 Å². The maximum atomic E-state index is 12.9. The number of fused-ring (bicyclic) bond motifs is 1. The highest BCUT2D eigenvalue weighted by Gasteiger charge is 2.05. The number of hydrogen-bond acceptors (Lipinski definition) is 3. The molecule has 0 atom stereocenters. The van der Waals surface area contributed by atoms with Crippen LogP contribution in [0.25, 0.3) is 15.3 Å². The molecule has 0 amide bonds. The van der Waals surface area contributed by atoms with E-state index in [1.54, 1.807) is 18.6 Å². The number of halogens is 1. The van der Waals surface area contributed by atoms with Crippen LogP contribution in [0.1, 0.15) is 0 Å². The van der Waals surface area contributed by atoms with Gasteiger partial charge in [0.2, 0.25) is 0 Å². The minimum atomic E-state index is -0.233. The summed E-state index contributed by atoms with van der Waals surface area (Å²) in [6.07, 6.45) is 5.18. The van der Waals surface area contributed by atoms with E-state index >= 15 is 0 Å². The Labute approximate surface area is 88.8 Å². The molecule has 3 rings (SSSR count). The number of nitrogens with zero attached hydrogens (tertiary/aromatic N) is 3. The largest absolute Gasteiger partial charge is 0.282 e. The van der Waals surface area contributed by atoms with E-state index in [1.165, 1.54) is 23.5 Å². The molecule has 74 valence electrons. The van der Waals surface area contributed by atoms with E-state index in [4.69, 9.17) is 0 Å². The van der Waals surface area contributed by atoms with Crippen molar-refractivity contribution >= 4 is 21.6 Å². The van der Waals surface area contributed by atoms with Crippen LogP contribution in [-0.2, 0) is 0 Å². The second-order valence-electron chi connectivity index (χ2n) is 3.08. The van der Waals surface area contributed by atoms with Crippen LogP contribution >= 0.6 is 11.3 Å². The first-order chi connectivity index (χ1) is 7.33. The van der Waals surface area contributed by atoms with Crippen LogP contribution in [0, 0.1) is 5.82 Å². The molecule has 5 heteroatoms. The molecular weight excluding hydrogens is 213 g/mol. The van der Waals surface area contributed by atoms with Crippen LogP contribution in [-0.4, -0.2) is 14.5 Å². The summed E-state index contributed by atoms with van der Waals surface area (Å²) in [5.74, 6) is -0.233. The SMILES string of the molecule is Fc1ccc2nc(-n3ccnc3)sc2c1. The van der Waals surface area contributed by atoms with Gasteiger partial charge in [-0.3, -0.25) is 4.57 Å². The Morgan fingerprint density at radius 2 is 2.27 bits per heavy atom. The second-order valence-corrected chi connectivity index (χ2v) is 4.09. The third-order valence-electron chi connectivity index (χ3n) is 2.06. The van der Waals surface area contributed by atoms with Crippen molar-refractivity contribution in [3.8, 4) is 5.13 Å². The van der Waals surface area contributed by atoms with Crippen LogP contribution in [0.4, 0.5) is 4.39 Å². The smallest absolute Gasteiger partial charge is 0.195 e. The molecule has 0 bridgehead atoms. The van der Waals surface area contributed by atoms with Crippen molar-refractivity contribution in [2.45, 2.75) is 0 Å². The van der Waals surface area contributed by atoms with Gasteiger partial charge in [0, 0.05) is 12.4 Å². The Morgan fingerprint density at radius 3 is 3.07 bits per heavy atom. The van der Waals surface area contributed by atoms with E-state index in [1.807, 2.05) is 10.8 Å². The van der Waals surface area contributed by atoms with Crippen molar-refractivity contribution in [2.24, 2.45) is 0 Å². The van der Waals surface area contributed by atoms with E-state index in [0.29, 0.717) is 0 Å². The molecule has 0 N–H and O–H groups in total. The summed E-state index contributed by atoms with van der Waals surface area (Å²) in [5, 5.41) is 0.799. The fraction of sp³-hybridized carbons (Fsp3) is 0. The van der Waals surface area contributed by atoms with Gasteiger partial charge in [-0.15, -0.1) is 0 Å². The molecule has 1 aromatic carbocycles. The predicted molar refractivity (Wildman–Crippen MR) is 56.7 cm³/mol. The summed E-state index contributed by atoms with van der Waals surface area (Å²) in [6.45, 7) is 0. The summed E-state index contributed by atoms with van der Waals surface area (Å²) in [7, 11) is 0. The van der Waals surface area contributed by atoms with E-state index in [2.05, 4.69) is 9.97 Å². The van der Waals surface area contributed by atoms with E-state index < -0.39 is 0 Å². The summed E-state index contributed by atoms with van der Waals surface area (Å²) in [6, 6.07) is 4.59. The van der Waals surface area contributed by atoms with Crippen molar-refractivity contribution < 1.29 is 4.39 Å². The molecule has 2 heterocycles. The minimum Gasteiger partial charge on any atom is -0.282 e. The molecule has 0 spiro atoms. The van der Waals surface area contributed by atoms with Crippen LogP contribution in [0.15, 0.2) is 36.9 Å². The zero-order chi connectivity index (χ0) is 10.3. The van der Waals surface area contributed by atoms with Crippen molar-refractivity contribution in [3.05, 3.63) is 42.7 Å². The van der Waals surface area contributed by atoms with Gasteiger partial charge in [0.15, 0.2) is 5.13 Å². The molecular formula is C10H6FN3S. The normalized spacial score (nSPS) is 11.0. The quantitative estimate of drug-likeness (QED) is 0.630. The highest BCUT2D eigenvalue weighted by atomic mass is 32.1. The van der Waals surface area contributed by atoms with Gasteiger partial charge in [-0.05, 0) is 18.2 Å². The number of benzene rings is 1. The monoisotopic (exact) mass is 219 g/mol. The average Bonchev–Trinajstić information content (AvgIpc) is 2.84. The second kappa shape index (κ2) is 3.13. The number of thiazole rings is 1. The molecule has 0 radical (unpaired) electrons. The summed E-state index contributed by atoms with van der Waals surface area (Å²) >= 11 is 1.44. The third kappa shape index (κ3) is 1.41. The number of hydrogen-bond donors (Lipinski definition) is 0. The Bertz CT molecular complexity index is 600. The molecule has 0 aliphatic carbocycles. The zero-order valence-corrected chi connectivity index (χ0v) is 8.41. The lowest BCUT2D eigenvalue weighted by Crippen LogP contribution is -1.86. The molecule has 0 aliphatic rings. The average molecular weight is 219 g/mol. The van der Waals surface area contributed by atoms with E-state index in [0.717, 1.165) is 15.3 Å². The van der Waals surface area contributed by atoms with Gasteiger partial charge in [-0.25, -0.2) is 14.4 Å². The minimum absolute atomic E-state index is 0.233. The molecule has 3 nitrogen and oxygen atoms in total. The van der Waals surface area contributed by atoms with Gasteiger partial charge in [-0.2, -0.15) is 0 Å². The topological polar surface area (TPSA) is 30.7 Å². The fourth-order valence-corrected chi connectivity index (χ4v) is 2.31. The number of aromatic nitrogens is 3. The van der Waals surface area contributed by atoms with Gasteiger partial charge < -0.3 is 0 Å².